The van der Waals surface area contributed by atoms with Crippen molar-refractivity contribution in [3.8, 4) is 0 Å². The quantitative estimate of drug-likeness (QED) is 0.495. The fraction of sp³-hybridized carbons (Fsp3) is 0.714. The smallest absolute Gasteiger partial charge is 0.337 e. The van der Waals surface area contributed by atoms with Crippen LogP contribution in [0.2, 0.25) is 0 Å². The van der Waals surface area contributed by atoms with E-state index in [0.29, 0.717) is 12.2 Å². The molecule has 0 spiro atoms. The van der Waals surface area contributed by atoms with Crippen LogP contribution in [-0.4, -0.2) is 25.2 Å². The van der Waals surface area contributed by atoms with E-state index in [-0.39, 0.29) is 24.5 Å². The molecule has 0 aromatic rings. The molecule has 0 aromatic heterocycles. The molecule has 0 fully saturated rings. The molecule has 0 rings (SSSR count). The molecular weight excluding hydrogens is 232 g/mol. The zero-order valence-corrected chi connectivity index (χ0v) is 11.8. The number of rotatable bonds is 8. The number of esters is 2. The maximum atomic E-state index is 11.7. The summed E-state index contributed by atoms with van der Waals surface area (Å²) in [6.07, 6.45) is 4.27. The fourth-order valence-electron chi connectivity index (χ4n) is 1.12. The summed E-state index contributed by atoms with van der Waals surface area (Å²) in [5, 5.41) is 0. The van der Waals surface area contributed by atoms with Crippen LogP contribution in [0, 0.1) is 5.92 Å². The standard InChI is InChI=1S/C14H24O4/c1-5-7-8-12(14(16)17-9-6-2)10-18-13(15)11(3)4/h8,11H,5-7,9-10H2,1-4H3. The van der Waals surface area contributed by atoms with Crippen molar-refractivity contribution in [2.24, 2.45) is 5.92 Å². The zero-order valence-electron chi connectivity index (χ0n) is 11.8. The number of unbranched alkanes of at least 4 members (excludes halogenated alkanes) is 1. The van der Waals surface area contributed by atoms with Gasteiger partial charge in [-0.05, 0) is 12.8 Å². The first-order valence-corrected chi connectivity index (χ1v) is 6.55. The van der Waals surface area contributed by atoms with Crippen molar-refractivity contribution >= 4 is 11.9 Å². The van der Waals surface area contributed by atoms with Crippen LogP contribution in [0.1, 0.15) is 47.0 Å². The van der Waals surface area contributed by atoms with E-state index in [2.05, 4.69) is 0 Å². The van der Waals surface area contributed by atoms with Crippen molar-refractivity contribution in [1.82, 2.24) is 0 Å². The van der Waals surface area contributed by atoms with Crippen molar-refractivity contribution in [2.45, 2.75) is 47.0 Å². The molecule has 4 heteroatoms. The Morgan fingerprint density at radius 3 is 2.28 bits per heavy atom. The third-order valence-electron chi connectivity index (χ3n) is 2.22. The second kappa shape index (κ2) is 9.68. The molecule has 0 aliphatic heterocycles. The van der Waals surface area contributed by atoms with E-state index in [9.17, 15) is 9.59 Å². The van der Waals surface area contributed by atoms with E-state index in [1.54, 1.807) is 19.9 Å². The molecule has 0 aliphatic carbocycles. The Hall–Kier alpha value is -1.32. The normalized spacial score (nSPS) is 11.5. The molecular formula is C14H24O4. The first-order valence-electron chi connectivity index (χ1n) is 6.55. The van der Waals surface area contributed by atoms with Gasteiger partial charge in [-0.2, -0.15) is 0 Å². The number of ether oxygens (including phenoxy) is 2. The number of hydrogen-bond donors (Lipinski definition) is 0. The van der Waals surface area contributed by atoms with Gasteiger partial charge < -0.3 is 9.47 Å². The predicted molar refractivity (Wildman–Crippen MR) is 70.0 cm³/mol. The third kappa shape index (κ3) is 7.09. The highest BCUT2D eigenvalue weighted by Gasteiger charge is 2.15. The van der Waals surface area contributed by atoms with Gasteiger partial charge in [-0.15, -0.1) is 0 Å². The molecule has 0 radical (unpaired) electrons. The summed E-state index contributed by atoms with van der Waals surface area (Å²) in [5.74, 6) is -0.883. The van der Waals surface area contributed by atoms with Crippen LogP contribution in [0.4, 0.5) is 0 Å². The minimum atomic E-state index is -0.387. The van der Waals surface area contributed by atoms with Crippen molar-refractivity contribution in [2.75, 3.05) is 13.2 Å². The average molecular weight is 256 g/mol. The van der Waals surface area contributed by atoms with Crippen LogP contribution in [0.25, 0.3) is 0 Å². The lowest BCUT2D eigenvalue weighted by Gasteiger charge is -2.10. The Bertz CT molecular complexity index is 292. The summed E-state index contributed by atoms with van der Waals surface area (Å²) in [4.78, 5) is 23.1. The number of carbonyl (C=O) groups is 2. The van der Waals surface area contributed by atoms with Crippen LogP contribution >= 0.6 is 0 Å². The molecule has 0 aliphatic rings. The Labute approximate surface area is 109 Å². The largest absolute Gasteiger partial charge is 0.462 e. The molecule has 0 heterocycles. The maximum absolute atomic E-state index is 11.7. The Morgan fingerprint density at radius 1 is 1.11 bits per heavy atom. The van der Waals surface area contributed by atoms with E-state index >= 15 is 0 Å². The maximum Gasteiger partial charge on any atom is 0.337 e. The molecule has 4 nitrogen and oxygen atoms in total. The number of carbonyl (C=O) groups excluding carboxylic acids is 2. The van der Waals surface area contributed by atoms with Gasteiger partial charge in [0.25, 0.3) is 0 Å². The Kier molecular flexibility index (Phi) is 8.97. The summed E-state index contributed by atoms with van der Waals surface area (Å²) in [7, 11) is 0. The van der Waals surface area contributed by atoms with E-state index in [4.69, 9.17) is 9.47 Å². The molecule has 0 unspecified atom stereocenters. The lowest BCUT2D eigenvalue weighted by atomic mass is 10.2. The van der Waals surface area contributed by atoms with Gasteiger partial charge in [0, 0.05) is 0 Å². The third-order valence-corrected chi connectivity index (χ3v) is 2.22. The summed E-state index contributed by atoms with van der Waals surface area (Å²) >= 11 is 0. The van der Waals surface area contributed by atoms with E-state index < -0.39 is 0 Å². The van der Waals surface area contributed by atoms with Gasteiger partial charge in [0.05, 0.1) is 18.1 Å². The van der Waals surface area contributed by atoms with Crippen LogP contribution in [0.15, 0.2) is 11.6 Å². The van der Waals surface area contributed by atoms with Gasteiger partial charge in [0.15, 0.2) is 0 Å². The molecule has 0 saturated carbocycles. The SMILES string of the molecule is CCCC=C(COC(=O)C(C)C)C(=O)OCCC. The van der Waals surface area contributed by atoms with Crippen molar-refractivity contribution in [3.05, 3.63) is 11.6 Å². The van der Waals surface area contributed by atoms with E-state index in [0.717, 1.165) is 19.3 Å². The number of allylic oxidation sites excluding steroid dienone is 1. The summed E-state index contributed by atoms with van der Waals surface area (Å²) in [6, 6.07) is 0. The summed E-state index contributed by atoms with van der Waals surface area (Å²) < 4.78 is 10.1. The molecule has 18 heavy (non-hydrogen) atoms. The summed E-state index contributed by atoms with van der Waals surface area (Å²) in [6.45, 7) is 7.85. The van der Waals surface area contributed by atoms with Crippen LogP contribution in [-0.2, 0) is 19.1 Å². The lowest BCUT2D eigenvalue weighted by molar-refractivity contribution is -0.147. The molecule has 0 bridgehead atoms. The van der Waals surface area contributed by atoms with Crippen molar-refractivity contribution in [3.63, 3.8) is 0 Å². The second-order valence-corrected chi connectivity index (χ2v) is 4.42. The first kappa shape index (κ1) is 16.7. The lowest BCUT2D eigenvalue weighted by Crippen LogP contribution is -2.18. The monoisotopic (exact) mass is 256 g/mol. The fourth-order valence-corrected chi connectivity index (χ4v) is 1.12. The minimum absolute atomic E-state index is 0.000436. The van der Waals surface area contributed by atoms with Gasteiger partial charge in [0.1, 0.15) is 6.61 Å². The molecule has 0 atom stereocenters. The number of hydrogen-bond acceptors (Lipinski definition) is 4. The highest BCUT2D eigenvalue weighted by Crippen LogP contribution is 2.06. The van der Waals surface area contributed by atoms with Crippen molar-refractivity contribution in [1.29, 1.82) is 0 Å². The zero-order chi connectivity index (χ0) is 14.0. The highest BCUT2D eigenvalue weighted by molar-refractivity contribution is 5.89. The van der Waals surface area contributed by atoms with Gasteiger partial charge >= 0.3 is 11.9 Å². The van der Waals surface area contributed by atoms with Gasteiger partial charge in [-0.25, -0.2) is 4.79 Å². The highest BCUT2D eigenvalue weighted by atomic mass is 16.5. The second-order valence-electron chi connectivity index (χ2n) is 4.42. The van der Waals surface area contributed by atoms with E-state index in [1.807, 2.05) is 13.8 Å². The van der Waals surface area contributed by atoms with E-state index in [1.165, 1.54) is 0 Å². The Balaban J connectivity index is 4.40. The molecule has 104 valence electrons. The Morgan fingerprint density at radius 2 is 1.78 bits per heavy atom. The van der Waals surface area contributed by atoms with Gasteiger partial charge in [-0.1, -0.05) is 40.2 Å². The van der Waals surface area contributed by atoms with Gasteiger partial charge in [0.2, 0.25) is 0 Å². The van der Waals surface area contributed by atoms with Crippen molar-refractivity contribution < 1.29 is 19.1 Å². The van der Waals surface area contributed by atoms with Crippen LogP contribution in [0.3, 0.4) is 0 Å². The molecule has 0 N–H and O–H groups in total. The molecule has 0 amide bonds. The van der Waals surface area contributed by atoms with Gasteiger partial charge in [-0.3, -0.25) is 4.79 Å². The predicted octanol–water partition coefficient (Wildman–Crippen LogP) is 2.87. The van der Waals surface area contributed by atoms with Crippen LogP contribution < -0.4 is 0 Å². The minimum Gasteiger partial charge on any atom is -0.462 e. The van der Waals surface area contributed by atoms with Crippen LogP contribution in [0.5, 0.6) is 0 Å². The summed E-state index contributed by atoms with van der Waals surface area (Å²) in [5.41, 5.74) is 0.430. The first-order chi connectivity index (χ1) is 8.52. The molecule has 0 saturated heterocycles. The topological polar surface area (TPSA) is 52.6 Å². The molecule has 0 aromatic carbocycles. The average Bonchev–Trinajstić information content (AvgIpc) is 2.35.